The van der Waals surface area contributed by atoms with Gasteiger partial charge in [-0.15, -0.1) is 0 Å². The van der Waals surface area contributed by atoms with Crippen LogP contribution in [0.15, 0.2) is 30.3 Å². The molecule has 7 atom stereocenters. The highest BCUT2D eigenvalue weighted by Gasteiger charge is 2.39. The van der Waals surface area contributed by atoms with E-state index in [1.807, 2.05) is 37.3 Å². The number of aliphatic hydroxyl groups is 3. The summed E-state index contributed by atoms with van der Waals surface area (Å²) in [6.07, 6.45) is -3.18. The maximum atomic E-state index is 10.4. The highest BCUT2D eigenvalue weighted by molar-refractivity contribution is 5.15. The number of benzene rings is 1. The molecule has 0 aliphatic carbocycles. The van der Waals surface area contributed by atoms with Gasteiger partial charge in [-0.3, -0.25) is 5.32 Å². The quantitative estimate of drug-likeness (QED) is 0.395. The van der Waals surface area contributed by atoms with Crippen LogP contribution >= 0.6 is 0 Å². The molecule has 25 heavy (non-hydrogen) atoms. The minimum atomic E-state index is -1.04. The predicted octanol–water partition coefficient (Wildman–Crippen LogP) is -0.621. The third kappa shape index (κ3) is 5.72. The fourth-order valence-corrected chi connectivity index (χ4v) is 3.01. The molecule has 1 aliphatic heterocycles. The molecule has 1 saturated heterocycles. The second kappa shape index (κ2) is 9.59. The highest BCUT2D eigenvalue weighted by Crippen LogP contribution is 2.19. The molecule has 1 aromatic carbocycles. The lowest BCUT2D eigenvalue weighted by atomic mass is 9.98. The van der Waals surface area contributed by atoms with Crippen molar-refractivity contribution in [1.29, 1.82) is 0 Å². The van der Waals surface area contributed by atoms with E-state index in [1.165, 1.54) is 5.56 Å². The van der Waals surface area contributed by atoms with Crippen molar-refractivity contribution in [2.45, 2.75) is 63.0 Å². The Balaban J connectivity index is 1.85. The summed E-state index contributed by atoms with van der Waals surface area (Å²) in [5, 5.41) is 32.9. The molecule has 2 rings (SSSR count). The normalized spacial score (nSPS) is 30.6. The fraction of sp³-hybridized carbons (Fsp3) is 0.667. The number of rotatable bonds is 8. The zero-order chi connectivity index (χ0) is 18.4. The van der Waals surface area contributed by atoms with E-state index in [4.69, 9.17) is 15.2 Å². The lowest BCUT2D eigenvalue weighted by molar-refractivity contribution is -0.198. The van der Waals surface area contributed by atoms with Crippen LogP contribution in [0, 0.1) is 0 Å². The van der Waals surface area contributed by atoms with E-state index >= 15 is 0 Å². The van der Waals surface area contributed by atoms with Gasteiger partial charge in [0, 0.05) is 6.04 Å². The van der Waals surface area contributed by atoms with E-state index < -0.39 is 36.7 Å². The summed E-state index contributed by atoms with van der Waals surface area (Å²) in [7, 11) is 0. The second-order valence-corrected chi connectivity index (χ2v) is 6.72. The summed E-state index contributed by atoms with van der Waals surface area (Å²) < 4.78 is 11.1. The van der Waals surface area contributed by atoms with Crippen LogP contribution in [0.4, 0.5) is 0 Å². The number of hydrogen-bond acceptors (Lipinski definition) is 7. The minimum Gasteiger partial charge on any atom is -0.394 e. The van der Waals surface area contributed by atoms with Crippen LogP contribution in [0.1, 0.15) is 19.4 Å². The Morgan fingerprint density at radius 3 is 2.64 bits per heavy atom. The Labute approximate surface area is 148 Å². The molecule has 0 saturated carbocycles. The Kier molecular flexibility index (Phi) is 7.77. The molecule has 1 fully saturated rings. The first-order chi connectivity index (χ1) is 11.9. The first-order valence-corrected chi connectivity index (χ1v) is 8.72. The predicted molar refractivity (Wildman–Crippen MR) is 93.9 cm³/mol. The first-order valence-electron chi connectivity index (χ1n) is 8.72. The van der Waals surface area contributed by atoms with E-state index in [0.29, 0.717) is 0 Å². The maximum absolute atomic E-state index is 10.4. The van der Waals surface area contributed by atoms with Gasteiger partial charge in [-0.2, -0.15) is 0 Å². The van der Waals surface area contributed by atoms with E-state index in [-0.39, 0.29) is 19.3 Å². The average Bonchev–Trinajstić information content (AvgIpc) is 2.59. The van der Waals surface area contributed by atoms with Gasteiger partial charge in [0.15, 0.2) is 0 Å². The van der Waals surface area contributed by atoms with Gasteiger partial charge < -0.3 is 30.5 Å². The summed E-state index contributed by atoms with van der Waals surface area (Å²) >= 11 is 0. The van der Waals surface area contributed by atoms with E-state index in [2.05, 4.69) is 5.32 Å². The minimum absolute atomic E-state index is 0.0435. The van der Waals surface area contributed by atoms with Crippen molar-refractivity contribution in [3.63, 3.8) is 0 Å². The molecule has 0 bridgehead atoms. The SMILES string of the molecule is C[C@@H](Cc1ccccc1)NC(O)[C@@H](C)OC1[C@H](O)C(CO)OC[C@@H]1N. The van der Waals surface area contributed by atoms with Crippen molar-refractivity contribution in [1.82, 2.24) is 5.32 Å². The van der Waals surface area contributed by atoms with Gasteiger partial charge in [0.05, 0.1) is 25.4 Å². The van der Waals surface area contributed by atoms with Gasteiger partial charge in [-0.25, -0.2) is 0 Å². The largest absolute Gasteiger partial charge is 0.394 e. The number of ether oxygens (including phenoxy) is 2. The van der Waals surface area contributed by atoms with Crippen LogP contribution in [-0.2, 0) is 15.9 Å². The number of aliphatic hydroxyl groups excluding tert-OH is 3. The monoisotopic (exact) mass is 354 g/mol. The molecule has 0 amide bonds. The molecule has 7 heteroatoms. The average molecular weight is 354 g/mol. The molecule has 3 unspecified atom stereocenters. The third-order valence-corrected chi connectivity index (χ3v) is 4.48. The van der Waals surface area contributed by atoms with E-state index in [0.717, 1.165) is 6.42 Å². The van der Waals surface area contributed by atoms with Crippen LogP contribution in [0.2, 0.25) is 0 Å². The van der Waals surface area contributed by atoms with Gasteiger partial charge in [-0.05, 0) is 25.8 Å². The number of hydrogen-bond donors (Lipinski definition) is 5. The molecule has 0 radical (unpaired) electrons. The lowest BCUT2D eigenvalue weighted by Crippen LogP contribution is -2.60. The topological polar surface area (TPSA) is 117 Å². The summed E-state index contributed by atoms with van der Waals surface area (Å²) in [6.45, 7) is 3.58. The highest BCUT2D eigenvalue weighted by atomic mass is 16.6. The maximum Gasteiger partial charge on any atom is 0.131 e. The van der Waals surface area contributed by atoms with Crippen molar-refractivity contribution in [3.8, 4) is 0 Å². The van der Waals surface area contributed by atoms with Crippen LogP contribution in [-0.4, -0.2) is 71.3 Å². The molecule has 1 heterocycles. The van der Waals surface area contributed by atoms with Crippen LogP contribution < -0.4 is 11.1 Å². The van der Waals surface area contributed by atoms with Crippen molar-refractivity contribution in [2.24, 2.45) is 5.73 Å². The molecule has 142 valence electrons. The Hall–Kier alpha value is -1.06. The molecule has 0 spiro atoms. The van der Waals surface area contributed by atoms with Crippen LogP contribution in [0.3, 0.4) is 0 Å². The summed E-state index contributed by atoms with van der Waals surface area (Å²) in [5.41, 5.74) is 7.12. The zero-order valence-corrected chi connectivity index (χ0v) is 14.8. The van der Waals surface area contributed by atoms with Gasteiger partial charge in [-0.1, -0.05) is 30.3 Å². The Morgan fingerprint density at radius 2 is 2.00 bits per heavy atom. The lowest BCUT2D eigenvalue weighted by Gasteiger charge is -2.40. The Bertz CT molecular complexity index is 503. The summed E-state index contributed by atoms with van der Waals surface area (Å²) in [4.78, 5) is 0. The molecule has 6 N–H and O–H groups in total. The van der Waals surface area contributed by atoms with Crippen molar-refractivity contribution >= 4 is 0 Å². The summed E-state index contributed by atoms with van der Waals surface area (Å²) in [5.74, 6) is 0. The molecule has 0 aromatic heterocycles. The van der Waals surface area contributed by atoms with Gasteiger partial charge in [0.25, 0.3) is 0 Å². The van der Waals surface area contributed by atoms with Gasteiger partial charge in [0.1, 0.15) is 24.5 Å². The molecule has 1 aromatic rings. The van der Waals surface area contributed by atoms with Crippen molar-refractivity contribution in [2.75, 3.05) is 13.2 Å². The zero-order valence-electron chi connectivity index (χ0n) is 14.8. The smallest absolute Gasteiger partial charge is 0.131 e. The van der Waals surface area contributed by atoms with E-state index in [1.54, 1.807) is 6.92 Å². The summed E-state index contributed by atoms with van der Waals surface area (Å²) in [6, 6.07) is 9.53. The van der Waals surface area contributed by atoms with Crippen molar-refractivity contribution < 1.29 is 24.8 Å². The molecular formula is C18H30N2O5. The fourth-order valence-electron chi connectivity index (χ4n) is 3.01. The Morgan fingerprint density at radius 1 is 1.32 bits per heavy atom. The molecule has 1 aliphatic rings. The van der Waals surface area contributed by atoms with Crippen LogP contribution in [0.25, 0.3) is 0 Å². The van der Waals surface area contributed by atoms with E-state index in [9.17, 15) is 15.3 Å². The number of nitrogens with two attached hydrogens (primary N) is 1. The molecular weight excluding hydrogens is 324 g/mol. The van der Waals surface area contributed by atoms with Gasteiger partial charge >= 0.3 is 0 Å². The van der Waals surface area contributed by atoms with Crippen LogP contribution in [0.5, 0.6) is 0 Å². The second-order valence-electron chi connectivity index (χ2n) is 6.72. The number of nitrogens with one attached hydrogen (secondary N) is 1. The standard InChI is InChI=1S/C18H30N2O5/c1-11(8-13-6-4-3-5-7-13)20-18(23)12(2)25-17-14(19)10-24-15(9-21)16(17)22/h3-7,11-12,14-18,20-23H,8-10,19H2,1-2H3/t11-,12+,14-,15?,16+,17?,18?/m0/s1. The third-order valence-electron chi connectivity index (χ3n) is 4.48. The van der Waals surface area contributed by atoms with Gasteiger partial charge in [0.2, 0.25) is 0 Å². The first kappa shape index (κ1) is 20.3. The molecule has 7 nitrogen and oxygen atoms in total. The van der Waals surface area contributed by atoms with Crippen molar-refractivity contribution in [3.05, 3.63) is 35.9 Å².